The summed E-state index contributed by atoms with van der Waals surface area (Å²) in [7, 11) is 56.8. The fourth-order valence-corrected chi connectivity index (χ4v) is 9.46. The Labute approximate surface area is 367 Å². The van der Waals surface area contributed by atoms with E-state index in [1.165, 1.54) is 5.56 Å². The second kappa shape index (κ2) is 15.4. The molecule has 2 N–H and O–H groups in total. The summed E-state index contributed by atoms with van der Waals surface area (Å²) in [6, 6.07) is 31.7. The Morgan fingerprint density at radius 2 is 1.37 bits per heavy atom. The van der Waals surface area contributed by atoms with Crippen LogP contribution in [0, 0.1) is 0 Å². The zero-order valence-electron chi connectivity index (χ0n) is 34.3. The van der Waals surface area contributed by atoms with Crippen LogP contribution in [-0.2, 0) is 15.6 Å². The van der Waals surface area contributed by atoms with Crippen LogP contribution in [0.25, 0.3) is 28.2 Å². The molecule has 3 heterocycles. The molecule has 8 rings (SSSR count). The summed E-state index contributed by atoms with van der Waals surface area (Å²) in [4.78, 5) is 0. The van der Waals surface area contributed by atoms with Gasteiger partial charge in [0.05, 0.1) is 105 Å². The molecular weight excluding hydrogens is 741 g/mol. The Kier molecular flexibility index (Phi) is 10.8. The third kappa shape index (κ3) is 8.02. The average molecular weight is 778 g/mol. The van der Waals surface area contributed by atoms with E-state index >= 15 is 0 Å². The van der Waals surface area contributed by atoms with Crippen LogP contribution in [0.1, 0.15) is 68.0 Å². The lowest BCUT2D eigenvalue weighted by molar-refractivity contribution is -0.562. The highest BCUT2D eigenvalue weighted by Crippen LogP contribution is 2.58. The molecule has 15 heteroatoms. The Bertz CT molecular complexity index is 2690. The molecule has 2 aromatic heterocycles. The van der Waals surface area contributed by atoms with Crippen LogP contribution in [0.3, 0.4) is 0 Å². The van der Waals surface area contributed by atoms with E-state index in [1.54, 1.807) is 18.2 Å². The van der Waals surface area contributed by atoms with Gasteiger partial charge in [-0.25, -0.2) is 4.57 Å². The molecule has 18 radical (unpaired) electrons. The van der Waals surface area contributed by atoms with Gasteiger partial charge in [-0.2, -0.15) is 4.57 Å². The van der Waals surface area contributed by atoms with Crippen LogP contribution in [0.5, 0.6) is 5.75 Å². The molecule has 2 unspecified atom stereocenters. The van der Waals surface area contributed by atoms with Crippen molar-refractivity contribution in [1.82, 2.24) is 4.57 Å². The Morgan fingerprint density at radius 3 is 2.00 bits per heavy atom. The van der Waals surface area contributed by atoms with E-state index in [-0.39, 0.29) is 14.0 Å². The van der Waals surface area contributed by atoms with Crippen molar-refractivity contribution in [1.29, 1.82) is 0 Å². The lowest BCUT2D eigenvalue weighted by atomic mass is 9.36. The number of aromatic nitrogens is 2. The number of anilines is 4. The van der Waals surface area contributed by atoms with Crippen molar-refractivity contribution in [3.63, 3.8) is 0 Å². The van der Waals surface area contributed by atoms with Crippen molar-refractivity contribution >= 4 is 130 Å². The molecule has 0 amide bonds. The highest BCUT2D eigenvalue weighted by molar-refractivity contribution is 7.59. The minimum Gasteiger partial charge on any atom is -0.460 e. The lowest BCUT2D eigenvalue weighted by Crippen LogP contribution is -2.34. The van der Waals surface area contributed by atoms with Crippen molar-refractivity contribution in [2.45, 2.75) is 60.8 Å². The summed E-state index contributed by atoms with van der Waals surface area (Å²) >= 11 is 0. The van der Waals surface area contributed by atoms with E-state index in [2.05, 4.69) is 83.3 Å². The maximum absolute atomic E-state index is 6.91. The molecule has 0 fully saturated rings. The smallest absolute Gasteiger partial charge is 0.291 e. The molecule has 5 nitrogen and oxygen atoms in total. The molecule has 0 saturated heterocycles. The van der Waals surface area contributed by atoms with Gasteiger partial charge in [0.25, 0.3) is 5.82 Å². The molecule has 1 aliphatic heterocycles. The van der Waals surface area contributed by atoms with Crippen LogP contribution in [-0.4, -0.2) is 75.2 Å². The Morgan fingerprint density at radius 1 is 0.733 bits per heavy atom. The van der Waals surface area contributed by atoms with E-state index in [0.29, 0.717) is 23.2 Å². The molecule has 1 aliphatic carbocycles. The lowest BCUT2D eigenvalue weighted by Gasteiger charge is -2.38. The first kappa shape index (κ1) is 42.2. The average Bonchev–Trinajstić information content (AvgIpc) is 3.51. The van der Waals surface area contributed by atoms with E-state index in [0.717, 1.165) is 67.2 Å². The molecule has 274 valence electrons. The Balaban J connectivity index is 1.26. The monoisotopic (exact) mass is 779 g/mol. The predicted molar refractivity (Wildman–Crippen MR) is 260 cm³/mol. The molecule has 2 aliphatic rings. The third-order valence-electron chi connectivity index (χ3n) is 11.1. The first-order valence-corrected chi connectivity index (χ1v) is 20.7. The normalized spacial score (nSPS) is 16.0. The summed E-state index contributed by atoms with van der Waals surface area (Å²) in [5.41, 5.74) is 7.82. The second-order valence-corrected chi connectivity index (χ2v) is 18.2. The van der Waals surface area contributed by atoms with Crippen LogP contribution in [0.4, 0.5) is 22.7 Å². The van der Waals surface area contributed by atoms with Crippen molar-refractivity contribution in [3.8, 4) is 11.6 Å². The third-order valence-corrected chi connectivity index (χ3v) is 12.6. The molecule has 0 saturated carbocycles. The molecule has 60 heavy (non-hydrogen) atoms. The van der Waals surface area contributed by atoms with Crippen molar-refractivity contribution in [2.24, 2.45) is 0 Å². The SMILES string of the molecule is [B]C([B])([B])c1cc(Nc2ccccc2Nc2cccc3c2PC2=C(CC(C([B])([B])[B])c4c2n(-c2cc(C(C)(C)C)cc[n+]2/C=C/C)c2ccccc42)O3)cc(C([B])([B])[B])c1. The number of fused-ring (bicyclic) bond motifs is 5. The topological polar surface area (TPSA) is 42.1 Å². The fourth-order valence-electron chi connectivity index (χ4n) is 8.01. The Hall–Kier alpha value is -4.54. The highest BCUT2D eigenvalue weighted by Gasteiger charge is 2.44. The second-order valence-electron chi connectivity index (χ2n) is 16.9. The van der Waals surface area contributed by atoms with Gasteiger partial charge in [-0.3, -0.25) is 0 Å². The van der Waals surface area contributed by atoms with Gasteiger partial charge in [0.1, 0.15) is 22.7 Å². The number of rotatable bonds is 9. The van der Waals surface area contributed by atoms with Gasteiger partial charge in [-0.05, 0) is 87.0 Å². The fraction of sp³-hybridized carbons (Fsp3) is 0.222. The van der Waals surface area contributed by atoms with Gasteiger partial charge in [-0.15, -0.1) is 15.3 Å². The molecule has 2 atom stereocenters. The number of hydrogen-bond donors (Lipinski definition) is 2. The van der Waals surface area contributed by atoms with Gasteiger partial charge < -0.3 is 15.4 Å². The number of pyridine rings is 1. The molecular formula is C45H37B9N4OP+. The van der Waals surface area contributed by atoms with E-state index in [9.17, 15) is 0 Å². The number of nitrogens with zero attached hydrogens (tertiary/aromatic N) is 2. The number of hydrogen-bond acceptors (Lipinski definition) is 3. The quantitative estimate of drug-likeness (QED) is 0.0995. The van der Waals surface area contributed by atoms with Gasteiger partial charge in [0.15, 0.2) is 0 Å². The summed E-state index contributed by atoms with van der Waals surface area (Å²) in [6.45, 7) is 8.67. The largest absolute Gasteiger partial charge is 0.460 e. The number of ether oxygens (including phenoxy) is 1. The number of nitrogens with one attached hydrogen (secondary N) is 2. The summed E-state index contributed by atoms with van der Waals surface area (Å²) < 4.78 is 11.4. The van der Waals surface area contributed by atoms with Gasteiger partial charge in [0.2, 0.25) is 0 Å². The number of para-hydroxylation sites is 3. The van der Waals surface area contributed by atoms with E-state index < -0.39 is 21.3 Å². The van der Waals surface area contributed by atoms with Gasteiger partial charge >= 0.3 is 0 Å². The van der Waals surface area contributed by atoms with Crippen molar-refractivity contribution < 1.29 is 9.30 Å². The summed E-state index contributed by atoms with van der Waals surface area (Å²) in [5, 5.41) is 5.37. The summed E-state index contributed by atoms with van der Waals surface area (Å²) in [6.07, 6.45) is 6.64. The van der Waals surface area contributed by atoms with E-state index in [4.69, 9.17) is 75.4 Å². The van der Waals surface area contributed by atoms with Crippen LogP contribution in [0.2, 0.25) is 5.11 Å². The minimum absolute atomic E-state index is 0.111. The highest BCUT2D eigenvalue weighted by atomic mass is 31.1. The molecule has 0 bridgehead atoms. The number of allylic oxidation sites excluding steroid dienone is 2. The van der Waals surface area contributed by atoms with Gasteiger partial charge in [0, 0.05) is 34.4 Å². The zero-order chi connectivity index (χ0) is 42.9. The van der Waals surface area contributed by atoms with Crippen molar-refractivity contribution in [3.05, 3.63) is 143 Å². The number of benzene rings is 4. The molecule has 6 aromatic rings. The predicted octanol–water partition coefficient (Wildman–Crippen LogP) is 6.56. The van der Waals surface area contributed by atoms with E-state index in [1.807, 2.05) is 61.5 Å². The first-order chi connectivity index (χ1) is 28.2. The van der Waals surface area contributed by atoms with Crippen LogP contribution in [0.15, 0.2) is 115 Å². The van der Waals surface area contributed by atoms with Crippen LogP contribution < -0.4 is 25.2 Å². The maximum atomic E-state index is 6.91. The van der Waals surface area contributed by atoms with Crippen molar-refractivity contribution in [2.75, 3.05) is 10.6 Å². The van der Waals surface area contributed by atoms with Gasteiger partial charge in [-0.1, -0.05) is 74.4 Å². The standard InChI is InChI=1S/C45H37B9N4OP/c1-5-18-57-19-17-25(42(2,3)4)23-37(57)58-34-15-9-6-11-29(34)38-30(45(52,53)54)24-36-41(39(38)58)60-40-33(14-10-16-35(40)59-36)56-32-13-8-7-12-31(32)55-28-21-26(43(46,47)48)20-27(22-28)44(49,50)51/h5-23,30,55-56,60H,24H2,1-4H3/q+1/b18-5+. The first-order valence-electron chi connectivity index (χ1n) is 19.7. The molecule has 0 spiro atoms. The zero-order valence-corrected chi connectivity index (χ0v) is 35.3. The maximum Gasteiger partial charge on any atom is 0.291 e. The minimum atomic E-state index is -1.67. The van der Waals surface area contributed by atoms with Crippen LogP contribution >= 0.6 is 8.58 Å². The summed E-state index contributed by atoms with van der Waals surface area (Å²) in [5.74, 6) is 2.03. The molecule has 4 aromatic carbocycles.